The lowest BCUT2D eigenvalue weighted by molar-refractivity contribution is 0.0924. The van der Waals surface area contributed by atoms with Gasteiger partial charge in [-0.25, -0.2) is 0 Å². The largest absolute Gasteiger partial charge is 0.493 e. The van der Waals surface area contributed by atoms with Crippen molar-refractivity contribution in [2.75, 3.05) is 54.1 Å². The van der Waals surface area contributed by atoms with Gasteiger partial charge in [-0.3, -0.25) is 9.69 Å². The molecule has 0 heterocycles. The van der Waals surface area contributed by atoms with Crippen molar-refractivity contribution in [3.05, 3.63) is 58.1 Å². The molecule has 0 bridgehead atoms. The average molecular weight is 600 g/mol. The Hall–Kier alpha value is -2.57. The first kappa shape index (κ1) is 40.4. The average Bonchev–Trinajstić information content (AvgIpc) is 2.91. The van der Waals surface area contributed by atoms with Crippen molar-refractivity contribution in [2.45, 2.75) is 101 Å². The molecule has 43 heavy (non-hydrogen) atoms. The van der Waals surface area contributed by atoms with Crippen molar-refractivity contribution >= 4 is 5.91 Å². The first-order valence-corrected chi connectivity index (χ1v) is 15.6. The van der Waals surface area contributed by atoms with Crippen LogP contribution in [0, 0.1) is 19.3 Å². The van der Waals surface area contributed by atoms with Gasteiger partial charge in [-0.05, 0) is 105 Å². The van der Waals surface area contributed by atoms with E-state index in [-0.39, 0.29) is 18.7 Å². The molecule has 6 nitrogen and oxygen atoms in total. The highest BCUT2D eigenvalue weighted by atomic mass is 16.5. The van der Waals surface area contributed by atoms with Gasteiger partial charge in [0.05, 0.1) is 20.9 Å². The van der Waals surface area contributed by atoms with Gasteiger partial charge in [0.1, 0.15) is 0 Å². The van der Waals surface area contributed by atoms with E-state index in [1.807, 2.05) is 19.9 Å². The third kappa shape index (κ3) is 14.6. The van der Waals surface area contributed by atoms with Crippen LogP contribution in [-0.4, -0.2) is 69.8 Å². The van der Waals surface area contributed by atoms with Gasteiger partial charge in [-0.2, -0.15) is 0 Å². The first-order valence-electron chi connectivity index (χ1n) is 15.6. The number of ether oxygens (including phenoxy) is 2. The molecule has 246 valence electrons. The van der Waals surface area contributed by atoms with Crippen molar-refractivity contribution in [3.63, 3.8) is 0 Å². The number of hydrogen-bond donors (Lipinski definition) is 1. The molecule has 1 amide bonds. The molecule has 0 aromatic heterocycles. The number of rotatable bonds is 13. The normalized spacial score (nSPS) is 11.5. The Bertz CT molecular complexity index is 1070. The predicted molar refractivity (Wildman–Crippen MR) is 186 cm³/mol. The molecule has 2 rings (SSSR count). The molecule has 2 aromatic carbocycles. The fourth-order valence-corrected chi connectivity index (χ4v) is 4.82. The maximum absolute atomic E-state index is 12.4. The molecule has 0 unspecified atom stereocenters. The molecule has 1 N–H and O–H groups in total. The third-order valence-corrected chi connectivity index (χ3v) is 7.68. The first-order chi connectivity index (χ1) is 19.6. The molecule has 0 aliphatic carbocycles. The molecule has 0 saturated carbocycles. The molecule has 2 aromatic rings. The lowest BCUT2D eigenvalue weighted by atomic mass is 9.83. The Labute approximate surface area is 265 Å². The Kier molecular flexibility index (Phi) is 17.8. The van der Waals surface area contributed by atoms with E-state index in [0.717, 1.165) is 60.8 Å². The molecular formula is C37H65N3O3. The topological polar surface area (TPSA) is 54.0 Å². The summed E-state index contributed by atoms with van der Waals surface area (Å²) in [5.41, 5.74) is 6.02. The standard InChI is InChI=1S/C18H30N2O.C18H31NO2.CH4/c1-8-20(9-2)12-19-17(21)16-13(3)10-15(11-14(16)4)18(5,6)7;1-18(2,3)11-7-12-19(4)13-10-15-8-9-16(20-5)17(14-15)21-6;/h10-11H,8-9,12H2,1-7H3,(H,19,21);8-9,14H,7,10-13H2,1-6H3;1H4. The summed E-state index contributed by atoms with van der Waals surface area (Å²) in [6, 6.07) is 10.4. The van der Waals surface area contributed by atoms with Crippen LogP contribution in [0.25, 0.3) is 0 Å². The van der Waals surface area contributed by atoms with E-state index < -0.39 is 0 Å². The van der Waals surface area contributed by atoms with Crippen LogP contribution in [0.2, 0.25) is 0 Å². The Balaban J connectivity index is 0.000000802. The number of amides is 1. The Morgan fingerprint density at radius 1 is 0.860 bits per heavy atom. The van der Waals surface area contributed by atoms with E-state index in [0.29, 0.717) is 12.1 Å². The predicted octanol–water partition coefficient (Wildman–Crippen LogP) is 8.27. The van der Waals surface area contributed by atoms with Gasteiger partial charge in [0.15, 0.2) is 11.5 Å². The van der Waals surface area contributed by atoms with Gasteiger partial charge in [0, 0.05) is 12.1 Å². The zero-order valence-electron chi connectivity index (χ0n) is 29.2. The highest BCUT2D eigenvalue weighted by Gasteiger charge is 2.19. The van der Waals surface area contributed by atoms with Crippen LogP contribution in [-0.2, 0) is 11.8 Å². The number of benzene rings is 2. The zero-order valence-corrected chi connectivity index (χ0v) is 29.2. The second kappa shape index (κ2) is 19.0. The molecule has 0 atom stereocenters. The second-order valence-electron chi connectivity index (χ2n) is 13.6. The minimum atomic E-state index is 0. The highest BCUT2D eigenvalue weighted by Crippen LogP contribution is 2.28. The van der Waals surface area contributed by atoms with Crippen molar-refractivity contribution in [1.82, 2.24) is 15.1 Å². The molecule has 0 saturated heterocycles. The highest BCUT2D eigenvalue weighted by molar-refractivity contribution is 5.97. The van der Waals surface area contributed by atoms with Crippen LogP contribution in [0.4, 0.5) is 0 Å². The number of likely N-dealkylation sites (N-methyl/N-ethyl adjacent to an activating group) is 1. The van der Waals surface area contributed by atoms with E-state index >= 15 is 0 Å². The fraction of sp³-hybridized carbons (Fsp3) is 0.649. The lowest BCUT2D eigenvalue weighted by Gasteiger charge is -2.23. The Morgan fingerprint density at radius 2 is 1.42 bits per heavy atom. The van der Waals surface area contributed by atoms with Crippen LogP contribution >= 0.6 is 0 Å². The van der Waals surface area contributed by atoms with E-state index in [9.17, 15) is 4.79 Å². The third-order valence-electron chi connectivity index (χ3n) is 7.68. The van der Waals surface area contributed by atoms with Crippen molar-refractivity contribution in [3.8, 4) is 11.5 Å². The molecule has 0 aliphatic heterocycles. The van der Waals surface area contributed by atoms with E-state index in [1.165, 1.54) is 24.0 Å². The minimum Gasteiger partial charge on any atom is -0.493 e. The van der Waals surface area contributed by atoms with Crippen LogP contribution in [0.1, 0.15) is 108 Å². The van der Waals surface area contributed by atoms with Crippen molar-refractivity contribution in [1.29, 1.82) is 0 Å². The summed E-state index contributed by atoms with van der Waals surface area (Å²) in [6.45, 7) is 26.5. The zero-order chi connectivity index (χ0) is 32.1. The van der Waals surface area contributed by atoms with Gasteiger partial charge >= 0.3 is 0 Å². The SMILES string of the molecule is C.CCN(CC)CNC(=O)c1c(C)cc(C(C)(C)C)cc1C.COc1ccc(CCN(C)CCCC(C)(C)C)cc1OC. The van der Waals surface area contributed by atoms with Gasteiger partial charge in [-0.15, -0.1) is 0 Å². The van der Waals surface area contributed by atoms with Crippen molar-refractivity contribution in [2.24, 2.45) is 5.41 Å². The summed E-state index contributed by atoms with van der Waals surface area (Å²) >= 11 is 0. The number of nitrogens with one attached hydrogen (secondary N) is 1. The number of carbonyl (C=O) groups is 1. The van der Waals surface area contributed by atoms with Gasteiger partial charge < -0.3 is 19.7 Å². The van der Waals surface area contributed by atoms with Gasteiger partial charge in [0.25, 0.3) is 5.91 Å². The number of methoxy groups -OCH3 is 2. The molecule has 6 heteroatoms. The summed E-state index contributed by atoms with van der Waals surface area (Å²) in [4.78, 5) is 17.0. The van der Waals surface area contributed by atoms with Crippen LogP contribution in [0.3, 0.4) is 0 Å². The lowest BCUT2D eigenvalue weighted by Crippen LogP contribution is -2.38. The quantitative estimate of drug-likeness (QED) is 0.235. The minimum absolute atomic E-state index is 0. The molecule has 0 aliphatic rings. The summed E-state index contributed by atoms with van der Waals surface area (Å²) in [5, 5.41) is 3.03. The summed E-state index contributed by atoms with van der Waals surface area (Å²) in [7, 11) is 5.55. The van der Waals surface area contributed by atoms with Crippen LogP contribution in [0.15, 0.2) is 30.3 Å². The number of nitrogens with zero attached hydrogens (tertiary/aromatic N) is 2. The number of aryl methyl sites for hydroxylation is 2. The maximum atomic E-state index is 12.4. The van der Waals surface area contributed by atoms with Crippen LogP contribution < -0.4 is 14.8 Å². The monoisotopic (exact) mass is 600 g/mol. The molecular weight excluding hydrogens is 534 g/mol. The molecule has 0 spiro atoms. The van der Waals surface area contributed by atoms with Gasteiger partial charge in [-0.1, -0.05) is 81.0 Å². The second-order valence-corrected chi connectivity index (χ2v) is 13.6. The maximum Gasteiger partial charge on any atom is 0.252 e. The molecule has 0 radical (unpaired) electrons. The molecule has 0 fully saturated rings. The summed E-state index contributed by atoms with van der Waals surface area (Å²) in [5.74, 6) is 1.63. The Morgan fingerprint density at radius 3 is 1.88 bits per heavy atom. The van der Waals surface area contributed by atoms with E-state index in [2.05, 4.69) is 102 Å². The summed E-state index contributed by atoms with van der Waals surface area (Å²) in [6.07, 6.45) is 3.56. The fourth-order valence-electron chi connectivity index (χ4n) is 4.82. The number of hydrogen-bond acceptors (Lipinski definition) is 5. The number of carbonyl (C=O) groups excluding carboxylic acids is 1. The summed E-state index contributed by atoms with van der Waals surface area (Å²) < 4.78 is 10.6. The van der Waals surface area contributed by atoms with E-state index in [1.54, 1.807) is 14.2 Å². The van der Waals surface area contributed by atoms with Crippen LogP contribution in [0.5, 0.6) is 11.5 Å². The van der Waals surface area contributed by atoms with E-state index in [4.69, 9.17) is 9.47 Å². The van der Waals surface area contributed by atoms with Gasteiger partial charge in [0.2, 0.25) is 0 Å². The van der Waals surface area contributed by atoms with Crippen molar-refractivity contribution < 1.29 is 14.3 Å². The smallest absolute Gasteiger partial charge is 0.252 e.